The quantitative estimate of drug-likeness (QED) is 0.406. The molecule has 0 bridgehead atoms. The molecule has 0 radical (unpaired) electrons. The predicted octanol–water partition coefficient (Wildman–Crippen LogP) is 4.45. The third-order valence-corrected chi connectivity index (χ3v) is 7.70. The summed E-state index contributed by atoms with van der Waals surface area (Å²) in [5.41, 5.74) is 8.31. The number of hydrogen-bond donors (Lipinski definition) is 2. The first-order chi connectivity index (χ1) is 17.1. The molecule has 11 heteroatoms. The maximum atomic E-state index is 14.8. The van der Waals surface area contributed by atoms with E-state index in [1.54, 1.807) is 24.7 Å². The van der Waals surface area contributed by atoms with E-state index >= 15 is 0 Å². The Bertz CT molecular complexity index is 1520. The molecule has 1 fully saturated rings. The molecule has 1 aliphatic carbocycles. The van der Waals surface area contributed by atoms with E-state index < -0.39 is 31.9 Å². The second-order valence-electron chi connectivity index (χ2n) is 9.53. The van der Waals surface area contributed by atoms with E-state index in [1.165, 1.54) is 10.6 Å². The van der Waals surface area contributed by atoms with Gasteiger partial charge in [0.25, 0.3) is 0 Å². The maximum Gasteiger partial charge on any atom is 0.229 e. The molecule has 4 aromatic rings. The number of imidazole rings is 1. The Morgan fingerprint density at radius 3 is 2.53 bits per heavy atom. The van der Waals surface area contributed by atoms with Crippen LogP contribution in [0.3, 0.4) is 0 Å². The number of benzene rings is 1. The highest BCUT2D eigenvalue weighted by Crippen LogP contribution is 2.39. The lowest BCUT2D eigenvalue weighted by molar-refractivity contribution is 0.308. The fraction of sp³-hybridized carbons (Fsp3) is 0.320. The first-order valence-corrected chi connectivity index (χ1v) is 13.5. The molecule has 3 aromatic heterocycles. The molecule has 0 spiro atoms. The zero-order valence-corrected chi connectivity index (χ0v) is 20.6. The zero-order chi connectivity index (χ0) is 25.6. The van der Waals surface area contributed by atoms with Gasteiger partial charge in [0.15, 0.2) is 9.84 Å². The van der Waals surface area contributed by atoms with Crippen molar-refractivity contribution in [3.63, 3.8) is 0 Å². The van der Waals surface area contributed by atoms with E-state index in [0.29, 0.717) is 17.4 Å². The average Bonchev–Trinajstić information content (AvgIpc) is 3.20. The van der Waals surface area contributed by atoms with E-state index in [1.807, 2.05) is 6.07 Å². The van der Waals surface area contributed by atoms with Crippen molar-refractivity contribution in [2.24, 2.45) is 11.7 Å². The number of halogens is 2. The first-order valence-electron chi connectivity index (χ1n) is 11.6. The summed E-state index contributed by atoms with van der Waals surface area (Å²) in [7, 11) is -3.77. The molecule has 0 saturated heterocycles. The predicted molar refractivity (Wildman–Crippen MR) is 133 cm³/mol. The van der Waals surface area contributed by atoms with Crippen molar-refractivity contribution < 1.29 is 17.2 Å². The van der Waals surface area contributed by atoms with Crippen molar-refractivity contribution in [1.29, 1.82) is 0 Å². The number of anilines is 2. The van der Waals surface area contributed by atoms with Crippen molar-refractivity contribution in [3.8, 4) is 11.3 Å². The molecule has 36 heavy (non-hydrogen) atoms. The van der Waals surface area contributed by atoms with Gasteiger partial charge in [-0.3, -0.25) is 4.98 Å². The fourth-order valence-electron chi connectivity index (χ4n) is 5.01. The zero-order valence-electron chi connectivity index (χ0n) is 19.8. The lowest BCUT2D eigenvalue weighted by Gasteiger charge is -2.32. The molecule has 5 rings (SSSR count). The highest BCUT2D eigenvalue weighted by molar-refractivity contribution is 7.90. The van der Waals surface area contributed by atoms with Crippen molar-refractivity contribution in [2.75, 3.05) is 11.6 Å². The molecule has 8 nitrogen and oxygen atoms in total. The van der Waals surface area contributed by atoms with Gasteiger partial charge >= 0.3 is 0 Å². The van der Waals surface area contributed by atoms with Gasteiger partial charge in [0.2, 0.25) is 5.95 Å². The summed E-state index contributed by atoms with van der Waals surface area (Å²) >= 11 is 0. The van der Waals surface area contributed by atoms with Gasteiger partial charge in [-0.05, 0) is 67.0 Å². The number of fused-ring (bicyclic) bond motifs is 1. The van der Waals surface area contributed by atoms with E-state index in [-0.39, 0.29) is 17.7 Å². The van der Waals surface area contributed by atoms with Gasteiger partial charge in [-0.2, -0.15) is 9.61 Å². The smallest absolute Gasteiger partial charge is 0.229 e. The Labute approximate surface area is 207 Å². The Morgan fingerprint density at radius 1 is 1.08 bits per heavy atom. The van der Waals surface area contributed by atoms with Crippen LogP contribution in [0.15, 0.2) is 53.8 Å². The number of nitrogens with one attached hydrogen (secondary N) is 1. The van der Waals surface area contributed by atoms with Gasteiger partial charge < -0.3 is 11.1 Å². The summed E-state index contributed by atoms with van der Waals surface area (Å²) in [6.07, 6.45) is 8.83. The highest BCUT2D eigenvalue weighted by Gasteiger charge is 2.27. The van der Waals surface area contributed by atoms with E-state index in [9.17, 15) is 17.2 Å². The number of pyridine rings is 1. The largest absolute Gasteiger partial charge is 0.328 e. The molecule has 1 aliphatic rings. The van der Waals surface area contributed by atoms with Crippen molar-refractivity contribution in [3.05, 3.63) is 66.1 Å². The minimum absolute atomic E-state index is 0.00269. The molecule has 3 atom stereocenters. The molecule has 0 unspecified atom stereocenters. The number of nitrogens with zero attached hydrogens (tertiary/aromatic N) is 4. The summed E-state index contributed by atoms with van der Waals surface area (Å²) in [6, 6.07) is 6.80. The van der Waals surface area contributed by atoms with Crippen molar-refractivity contribution in [2.45, 2.75) is 43.0 Å². The van der Waals surface area contributed by atoms with Crippen LogP contribution >= 0.6 is 0 Å². The van der Waals surface area contributed by atoms with Crippen LogP contribution in [0, 0.1) is 17.6 Å². The highest BCUT2D eigenvalue weighted by atomic mass is 32.2. The number of sulfone groups is 1. The summed E-state index contributed by atoms with van der Waals surface area (Å²) < 4.78 is 54.6. The van der Waals surface area contributed by atoms with Crippen LogP contribution in [-0.4, -0.2) is 40.3 Å². The molecule has 3 heterocycles. The van der Waals surface area contributed by atoms with Crippen LogP contribution in [0.5, 0.6) is 0 Å². The van der Waals surface area contributed by atoms with Crippen LogP contribution in [0.1, 0.15) is 37.7 Å². The van der Waals surface area contributed by atoms with Gasteiger partial charge in [0.05, 0.1) is 39.8 Å². The Balaban J connectivity index is 1.52. The van der Waals surface area contributed by atoms with Gasteiger partial charge in [0.1, 0.15) is 11.6 Å². The number of aromatic nitrogens is 4. The first kappa shape index (κ1) is 24.3. The number of hydrogen-bond acceptors (Lipinski definition) is 7. The average molecular weight is 513 g/mol. The van der Waals surface area contributed by atoms with Crippen LogP contribution in [0.2, 0.25) is 0 Å². The SMILES string of the molecule is C[C@@H]1C[C@H](N)C[C@H](c2ccncc2Nc2ncc3ccc(-c4c(F)cc(S(C)(=O)=O)cc4F)nn23)C1. The molecular formula is C25H26F2N6O2S. The molecule has 3 N–H and O–H groups in total. The minimum Gasteiger partial charge on any atom is -0.328 e. The second-order valence-corrected chi connectivity index (χ2v) is 11.5. The third kappa shape index (κ3) is 4.68. The summed E-state index contributed by atoms with van der Waals surface area (Å²) in [4.78, 5) is 8.22. The Morgan fingerprint density at radius 2 is 1.83 bits per heavy atom. The molecule has 0 aliphatic heterocycles. The normalized spacial score (nSPS) is 20.5. The van der Waals surface area contributed by atoms with Crippen LogP contribution in [-0.2, 0) is 9.84 Å². The second kappa shape index (κ2) is 9.21. The monoisotopic (exact) mass is 512 g/mol. The third-order valence-electron chi connectivity index (χ3n) is 6.60. The number of rotatable bonds is 5. The topological polar surface area (TPSA) is 115 Å². The Kier molecular flexibility index (Phi) is 6.21. The summed E-state index contributed by atoms with van der Waals surface area (Å²) in [5.74, 6) is -0.915. The summed E-state index contributed by atoms with van der Waals surface area (Å²) in [5, 5.41) is 7.68. The standard InChI is InChI=1S/C25H26F2N6O2S/c1-14-7-15(9-16(28)8-14)19-5-6-29-13-23(19)31-25-30-12-17-3-4-22(32-33(17)25)24-20(26)10-18(11-21(24)27)36(2,34)35/h3-6,10-16H,7-9,28H2,1-2H3,(H,30,31)/t14-,15+,16-/m0/s1. The molecule has 0 amide bonds. The van der Waals surface area contributed by atoms with E-state index in [0.717, 1.165) is 48.9 Å². The van der Waals surface area contributed by atoms with E-state index in [2.05, 4.69) is 27.3 Å². The molecular weight excluding hydrogens is 486 g/mol. The van der Waals surface area contributed by atoms with Crippen molar-refractivity contribution in [1.82, 2.24) is 19.6 Å². The van der Waals surface area contributed by atoms with Crippen LogP contribution in [0.25, 0.3) is 16.8 Å². The molecule has 1 saturated carbocycles. The van der Waals surface area contributed by atoms with E-state index in [4.69, 9.17) is 5.73 Å². The lowest BCUT2D eigenvalue weighted by Crippen LogP contribution is -2.31. The Hall–Kier alpha value is -3.44. The maximum absolute atomic E-state index is 14.8. The van der Waals surface area contributed by atoms with Gasteiger partial charge in [0, 0.05) is 18.5 Å². The van der Waals surface area contributed by atoms with Gasteiger partial charge in [-0.15, -0.1) is 0 Å². The van der Waals surface area contributed by atoms with Crippen LogP contribution < -0.4 is 11.1 Å². The molecule has 1 aromatic carbocycles. The van der Waals surface area contributed by atoms with Gasteiger partial charge in [-0.25, -0.2) is 22.2 Å². The minimum atomic E-state index is -3.77. The molecule has 188 valence electrons. The summed E-state index contributed by atoms with van der Waals surface area (Å²) in [6.45, 7) is 2.20. The number of nitrogens with two attached hydrogens (primary N) is 1. The fourth-order valence-corrected chi connectivity index (χ4v) is 5.64. The van der Waals surface area contributed by atoms with Crippen molar-refractivity contribution >= 4 is 27.0 Å². The van der Waals surface area contributed by atoms with Gasteiger partial charge in [-0.1, -0.05) is 6.92 Å². The van der Waals surface area contributed by atoms with Crippen LogP contribution in [0.4, 0.5) is 20.4 Å². The lowest BCUT2D eigenvalue weighted by atomic mass is 9.76.